The van der Waals surface area contributed by atoms with E-state index in [1.807, 2.05) is 12.1 Å². The second-order valence-electron chi connectivity index (χ2n) is 5.75. The van der Waals surface area contributed by atoms with Gasteiger partial charge in [-0.05, 0) is 42.9 Å². The number of nitriles is 1. The fraction of sp³-hybridized carbons (Fsp3) is 0.500. The van der Waals surface area contributed by atoms with E-state index in [-0.39, 0.29) is 0 Å². The SMILES string of the molecule is C[Si]1(C)CCN(Cc2ccc(C#N)cc2)CC1. The summed E-state index contributed by atoms with van der Waals surface area (Å²) in [5, 5.41) is 8.75. The zero-order chi connectivity index (χ0) is 12.3. The van der Waals surface area contributed by atoms with Crippen molar-refractivity contribution in [1.82, 2.24) is 4.90 Å². The van der Waals surface area contributed by atoms with Gasteiger partial charge in [-0.2, -0.15) is 5.26 Å². The van der Waals surface area contributed by atoms with E-state index in [9.17, 15) is 0 Å². The summed E-state index contributed by atoms with van der Waals surface area (Å²) in [6, 6.07) is 13.0. The Hall–Kier alpha value is -1.11. The second-order valence-corrected chi connectivity index (χ2v) is 11.1. The minimum atomic E-state index is -0.849. The van der Waals surface area contributed by atoms with E-state index in [4.69, 9.17) is 5.26 Å². The molecule has 0 bridgehead atoms. The molecule has 0 amide bonds. The van der Waals surface area contributed by atoms with Crippen molar-refractivity contribution in [1.29, 1.82) is 5.26 Å². The van der Waals surface area contributed by atoms with Crippen LogP contribution in [0.25, 0.3) is 0 Å². The predicted molar refractivity (Wildman–Crippen MR) is 73.5 cm³/mol. The summed E-state index contributed by atoms with van der Waals surface area (Å²) in [5.74, 6) is 0. The molecule has 1 aliphatic heterocycles. The fourth-order valence-corrected chi connectivity index (χ4v) is 4.35. The third-order valence-corrected chi connectivity index (χ3v) is 6.85. The summed E-state index contributed by atoms with van der Waals surface area (Å²) in [4.78, 5) is 2.54. The van der Waals surface area contributed by atoms with Crippen LogP contribution < -0.4 is 0 Å². The summed E-state index contributed by atoms with van der Waals surface area (Å²) >= 11 is 0. The van der Waals surface area contributed by atoms with Crippen molar-refractivity contribution < 1.29 is 0 Å². The van der Waals surface area contributed by atoms with Gasteiger partial charge in [-0.3, -0.25) is 4.90 Å². The number of benzene rings is 1. The molecule has 0 saturated carbocycles. The van der Waals surface area contributed by atoms with Gasteiger partial charge >= 0.3 is 0 Å². The van der Waals surface area contributed by atoms with E-state index in [0.717, 1.165) is 12.1 Å². The van der Waals surface area contributed by atoms with Gasteiger partial charge in [-0.25, -0.2) is 0 Å². The summed E-state index contributed by atoms with van der Waals surface area (Å²) in [5.41, 5.74) is 2.08. The van der Waals surface area contributed by atoms with Crippen molar-refractivity contribution in [3.8, 4) is 6.07 Å². The first kappa shape index (κ1) is 12.3. The first-order valence-electron chi connectivity index (χ1n) is 6.30. The van der Waals surface area contributed by atoms with Gasteiger partial charge in [0, 0.05) is 14.6 Å². The van der Waals surface area contributed by atoms with Crippen molar-refractivity contribution in [2.45, 2.75) is 31.7 Å². The lowest BCUT2D eigenvalue weighted by Gasteiger charge is -2.35. The molecule has 0 unspecified atom stereocenters. The molecule has 90 valence electrons. The van der Waals surface area contributed by atoms with E-state index < -0.39 is 8.07 Å². The molecule has 0 aliphatic carbocycles. The summed E-state index contributed by atoms with van der Waals surface area (Å²) in [7, 11) is -0.849. The molecule has 1 aromatic rings. The quantitative estimate of drug-likeness (QED) is 0.748. The molecular weight excluding hydrogens is 224 g/mol. The van der Waals surface area contributed by atoms with E-state index in [0.29, 0.717) is 0 Å². The topological polar surface area (TPSA) is 27.0 Å². The Labute approximate surface area is 105 Å². The Bertz CT molecular complexity index is 407. The molecular formula is C14H20N2Si. The van der Waals surface area contributed by atoms with Crippen molar-refractivity contribution >= 4 is 8.07 Å². The number of nitrogens with zero attached hydrogens (tertiary/aromatic N) is 2. The largest absolute Gasteiger partial charge is 0.300 e. The van der Waals surface area contributed by atoms with Crippen LogP contribution in [-0.2, 0) is 6.54 Å². The van der Waals surface area contributed by atoms with Crippen LogP contribution in [0.4, 0.5) is 0 Å². The van der Waals surface area contributed by atoms with E-state index in [2.05, 4.69) is 36.2 Å². The standard InChI is InChI=1S/C14H20N2Si/c1-17(2)9-7-16(8-10-17)12-14-5-3-13(11-15)4-6-14/h3-6H,7-10,12H2,1-2H3. The molecule has 0 spiro atoms. The molecule has 2 rings (SSSR count). The van der Waals surface area contributed by atoms with Gasteiger partial charge in [-0.15, -0.1) is 0 Å². The van der Waals surface area contributed by atoms with E-state index >= 15 is 0 Å². The molecule has 0 radical (unpaired) electrons. The highest BCUT2D eigenvalue weighted by Crippen LogP contribution is 2.23. The monoisotopic (exact) mass is 244 g/mol. The van der Waals surface area contributed by atoms with Crippen LogP contribution in [0.3, 0.4) is 0 Å². The third kappa shape index (κ3) is 3.42. The van der Waals surface area contributed by atoms with Gasteiger partial charge in [0.05, 0.1) is 11.6 Å². The zero-order valence-electron chi connectivity index (χ0n) is 10.7. The molecule has 1 fully saturated rings. The Balaban J connectivity index is 1.91. The lowest BCUT2D eigenvalue weighted by atomic mass is 10.1. The van der Waals surface area contributed by atoms with E-state index in [1.165, 1.54) is 30.7 Å². The molecule has 2 nitrogen and oxygen atoms in total. The third-order valence-electron chi connectivity index (χ3n) is 3.70. The first-order chi connectivity index (χ1) is 8.09. The molecule has 1 aromatic carbocycles. The van der Waals surface area contributed by atoms with Crippen LogP contribution in [0.1, 0.15) is 11.1 Å². The maximum absolute atomic E-state index is 8.75. The van der Waals surface area contributed by atoms with Gasteiger partial charge < -0.3 is 0 Å². The highest BCUT2D eigenvalue weighted by atomic mass is 28.3. The molecule has 1 aliphatic rings. The lowest BCUT2D eigenvalue weighted by Crippen LogP contribution is -2.42. The Morgan fingerprint density at radius 3 is 2.29 bits per heavy atom. The first-order valence-corrected chi connectivity index (χ1v) is 9.72. The Morgan fingerprint density at radius 1 is 1.18 bits per heavy atom. The van der Waals surface area contributed by atoms with Gasteiger partial charge in [0.15, 0.2) is 0 Å². The lowest BCUT2D eigenvalue weighted by molar-refractivity contribution is 0.282. The van der Waals surface area contributed by atoms with Crippen LogP contribution >= 0.6 is 0 Å². The average Bonchev–Trinajstić information content (AvgIpc) is 2.33. The van der Waals surface area contributed by atoms with Crippen LogP contribution in [0.2, 0.25) is 25.2 Å². The van der Waals surface area contributed by atoms with Crippen LogP contribution in [0.15, 0.2) is 24.3 Å². The normalized spacial score (nSPS) is 19.8. The Morgan fingerprint density at radius 2 is 1.76 bits per heavy atom. The van der Waals surface area contributed by atoms with Crippen molar-refractivity contribution in [2.75, 3.05) is 13.1 Å². The zero-order valence-corrected chi connectivity index (χ0v) is 11.7. The van der Waals surface area contributed by atoms with E-state index in [1.54, 1.807) is 0 Å². The maximum Gasteiger partial charge on any atom is 0.0991 e. The van der Waals surface area contributed by atoms with Crippen molar-refractivity contribution in [3.63, 3.8) is 0 Å². The highest BCUT2D eigenvalue weighted by molar-refractivity contribution is 6.77. The average molecular weight is 244 g/mol. The molecule has 0 atom stereocenters. The van der Waals surface area contributed by atoms with Gasteiger partial charge in [0.2, 0.25) is 0 Å². The molecule has 0 N–H and O–H groups in total. The highest BCUT2D eigenvalue weighted by Gasteiger charge is 2.26. The smallest absolute Gasteiger partial charge is 0.0991 e. The summed E-state index contributed by atoms with van der Waals surface area (Å²) < 4.78 is 0. The summed E-state index contributed by atoms with van der Waals surface area (Å²) in [6.45, 7) is 8.52. The molecule has 17 heavy (non-hydrogen) atoms. The van der Waals surface area contributed by atoms with Gasteiger partial charge in [0.25, 0.3) is 0 Å². The van der Waals surface area contributed by atoms with Gasteiger partial charge in [0.1, 0.15) is 0 Å². The molecule has 1 saturated heterocycles. The summed E-state index contributed by atoms with van der Waals surface area (Å²) in [6.07, 6.45) is 0. The maximum atomic E-state index is 8.75. The Kier molecular flexibility index (Phi) is 3.65. The number of hydrogen-bond donors (Lipinski definition) is 0. The minimum Gasteiger partial charge on any atom is -0.300 e. The van der Waals surface area contributed by atoms with Crippen LogP contribution in [0, 0.1) is 11.3 Å². The van der Waals surface area contributed by atoms with Crippen LogP contribution in [-0.4, -0.2) is 26.1 Å². The van der Waals surface area contributed by atoms with Crippen molar-refractivity contribution in [3.05, 3.63) is 35.4 Å². The molecule has 1 heterocycles. The minimum absolute atomic E-state index is 0.751. The van der Waals surface area contributed by atoms with Gasteiger partial charge in [-0.1, -0.05) is 25.2 Å². The number of hydrogen-bond acceptors (Lipinski definition) is 2. The predicted octanol–water partition coefficient (Wildman–Crippen LogP) is 3.08. The van der Waals surface area contributed by atoms with Crippen molar-refractivity contribution in [2.24, 2.45) is 0 Å². The second kappa shape index (κ2) is 5.03. The number of rotatable bonds is 2. The molecule has 3 heteroatoms. The van der Waals surface area contributed by atoms with Crippen LogP contribution in [0.5, 0.6) is 0 Å². The fourth-order valence-electron chi connectivity index (χ4n) is 2.26. The molecule has 0 aromatic heterocycles.